The molecule has 0 aliphatic rings. The van der Waals surface area contributed by atoms with Crippen LogP contribution in [-0.2, 0) is 0 Å². The van der Waals surface area contributed by atoms with E-state index in [1.807, 2.05) is 27.8 Å². The fourth-order valence-corrected chi connectivity index (χ4v) is 1.57. The molecular formula is C13H22N4O. The summed E-state index contributed by atoms with van der Waals surface area (Å²) in [6.45, 7) is 7.99. The molecule has 1 aromatic heterocycles. The van der Waals surface area contributed by atoms with Crippen LogP contribution in [0.15, 0.2) is 12.1 Å². The first-order valence-electron chi connectivity index (χ1n) is 6.05. The second kappa shape index (κ2) is 5.35. The number of nitrogens with one attached hydrogen (secondary N) is 1. The van der Waals surface area contributed by atoms with Gasteiger partial charge in [0.15, 0.2) is 0 Å². The van der Waals surface area contributed by atoms with Gasteiger partial charge in [0, 0.05) is 23.8 Å². The molecule has 0 unspecified atom stereocenters. The molecule has 1 heterocycles. The van der Waals surface area contributed by atoms with Crippen molar-refractivity contribution in [3.63, 3.8) is 0 Å². The summed E-state index contributed by atoms with van der Waals surface area (Å²) in [5, 5.41) is 0. The molecule has 0 aliphatic heterocycles. The minimum Gasteiger partial charge on any atom is -0.337 e. The highest BCUT2D eigenvalue weighted by Crippen LogP contribution is 2.20. The third-order valence-electron chi connectivity index (χ3n) is 3.43. The summed E-state index contributed by atoms with van der Waals surface area (Å²) >= 11 is 0. The van der Waals surface area contributed by atoms with Crippen LogP contribution < -0.4 is 11.3 Å². The van der Waals surface area contributed by atoms with Crippen LogP contribution in [0, 0.1) is 6.92 Å². The van der Waals surface area contributed by atoms with E-state index in [9.17, 15) is 4.79 Å². The number of nitrogen functional groups attached to an aromatic ring is 1. The van der Waals surface area contributed by atoms with Crippen LogP contribution >= 0.6 is 0 Å². The summed E-state index contributed by atoms with van der Waals surface area (Å²) in [5.41, 5.74) is 3.65. The number of carbonyl (C=O) groups is 1. The summed E-state index contributed by atoms with van der Waals surface area (Å²) in [7, 11) is 1.82. The van der Waals surface area contributed by atoms with Crippen molar-refractivity contribution >= 4 is 11.7 Å². The standard InChI is InChI=1S/C13H22N4O/c1-6-13(3,4)17(5)12(18)10-7-9(2)15-11(8-10)16-14/h7-8H,6,14H2,1-5H3,(H,15,16). The van der Waals surface area contributed by atoms with Crippen molar-refractivity contribution in [3.8, 4) is 0 Å². The molecule has 0 spiro atoms. The molecule has 0 aromatic carbocycles. The highest BCUT2D eigenvalue weighted by atomic mass is 16.2. The van der Waals surface area contributed by atoms with Gasteiger partial charge in [0.25, 0.3) is 5.91 Å². The highest BCUT2D eigenvalue weighted by molar-refractivity contribution is 5.95. The van der Waals surface area contributed by atoms with Crippen LogP contribution in [0.3, 0.4) is 0 Å². The molecule has 0 fully saturated rings. The molecule has 1 aromatic rings. The van der Waals surface area contributed by atoms with Crippen molar-refractivity contribution < 1.29 is 4.79 Å². The summed E-state index contributed by atoms with van der Waals surface area (Å²) in [6.07, 6.45) is 0.890. The van der Waals surface area contributed by atoms with Crippen molar-refractivity contribution in [2.24, 2.45) is 5.84 Å². The van der Waals surface area contributed by atoms with E-state index in [1.54, 1.807) is 17.0 Å². The lowest BCUT2D eigenvalue weighted by molar-refractivity contribution is 0.0620. The molecule has 0 saturated heterocycles. The summed E-state index contributed by atoms with van der Waals surface area (Å²) in [4.78, 5) is 18.3. The Labute approximate surface area is 108 Å². The average Bonchev–Trinajstić information content (AvgIpc) is 2.36. The normalized spacial score (nSPS) is 11.2. The Hall–Kier alpha value is -1.62. The summed E-state index contributed by atoms with van der Waals surface area (Å²) in [5.74, 6) is 5.82. The first-order valence-corrected chi connectivity index (χ1v) is 6.05. The number of aryl methyl sites for hydroxylation is 1. The Kier molecular flexibility index (Phi) is 4.29. The minimum absolute atomic E-state index is 0.0242. The van der Waals surface area contributed by atoms with Crippen molar-refractivity contribution in [2.45, 2.75) is 39.7 Å². The van der Waals surface area contributed by atoms with Crippen LogP contribution in [0.25, 0.3) is 0 Å². The third-order valence-corrected chi connectivity index (χ3v) is 3.43. The third kappa shape index (κ3) is 2.98. The molecule has 3 N–H and O–H groups in total. The Morgan fingerprint density at radius 3 is 2.61 bits per heavy atom. The number of nitrogens with zero attached hydrogens (tertiary/aromatic N) is 2. The second-order valence-electron chi connectivity index (χ2n) is 5.06. The van der Waals surface area contributed by atoms with Crippen LogP contribution in [0.1, 0.15) is 43.2 Å². The quantitative estimate of drug-likeness (QED) is 0.633. The molecule has 0 atom stereocenters. The van der Waals surface area contributed by atoms with Gasteiger partial charge in [-0.2, -0.15) is 0 Å². The second-order valence-corrected chi connectivity index (χ2v) is 5.06. The van der Waals surface area contributed by atoms with Gasteiger partial charge in [-0.15, -0.1) is 0 Å². The molecule has 100 valence electrons. The molecule has 18 heavy (non-hydrogen) atoms. The molecule has 1 rings (SSSR count). The zero-order valence-corrected chi connectivity index (χ0v) is 11.7. The maximum Gasteiger partial charge on any atom is 0.254 e. The maximum atomic E-state index is 12.4. The van der Waals surface area contributed by atoms with Gasteiger partial charge in [0.05, 0.1) is 0 Å². The summed E-state index contributed by atoms with van der Waals surface area (Å²) < 4.78 is 0. The van der Waals surface area contributed by atoms with Gasteiger partial charge in [-0.05, 0) is 39.3 Å². The van der Waals surface area contributed by atoms with E-state index in [1.165, 1.54) is 0 Å². The lowest BCUT2D eigenvalue weighted by atomic mass is 9.99. The molecule has 0 saturated carbocycles. The monoisotopic (exact) mass is 250 g/mol. The molecule has 0 bridgehead atoms. The Morgan fingerprint density at radius 2 is 2.11 bits per heavy atom. The lowest BCUT2D eigenvalue weighted by Crippen LogP contribution is -2.44. The van der Waals surface area contributed by atoms with Crippen LogP contribution in [-0.4, -0.2) is 28.4 Å². The molecule has 5 heteroatoms. The Balaban J connectivity index is 3.07. The number of hydrogen-bond acceptors (Lipinski definition) is 4. The summed E-state index contributed by atoms with van der Waals surface area (Å²) in [6, 6.07) is 3.43. The van der Waals surface area contributed by atoms with E-state index in [2.05, 4.69) is 17.3 Å². The van der Waals surface area contributed by atoms with E-state index in [0.29, 0.717) is 11.4 Å². The number of pyridine rings is 1. The van der Waals surface area contributed by atoms with E-state index in [-0.39, 0.29) is 11.4 Å². The van der Waals surface area contributed by atoms with Crippen LogP contribution in [0.2, 0.25) is 0 Å². The molecule has 0 aliphatic carbocycles. The largest absolute Gasteiger partial charge is 0.337 e. The van der Waals surface area contributed by atoms with Gasteiger partial charge in [-0.1, -0.05) is 6.92 Å². The van der Waals surface area contributed by atoms with Crippen molar-refractivity contribution in [2.75, 3.05) is 12.5 Å². The van der Waals surface area contributed by atoms with Gasteiger partial charge >= 0.3 is 0 Å². The predicted molar refractivity (Wildman–Crippen MR) is 73.2 cm³/mol. The highest BCUT2D eigenvalue weighted by Gasteiger charge is 2.26. The number of anilines is 1. The van der Waals surface area contributed by atoms with Crippen molar-refractivity contribution in [1.82, 2.24) is 9.88 Å². The number of amides is 1. The molecule has 5 nitrogen and oxygen atoms in total. The van der Waals surface area contributed by atoms with Gasteiger partial charge in [0.1, 0.15) is 5.82 Å². The Morgan fingerprint density at radius 1 is 1.50 bits per heavy atom. The minimum atomic E-state index is -0.176. The van der Waals surface area contributed by atoms with E-state index in [4.69, 9.17) is 5.84 Å². The van der Waals surface area contributed by atoms with Crippen LogP contribution in [0.4, 0.5) is 5.82 Å². The number of rotatable bonds is 4. The maximum absolute atomic E-state index is 12.4. The fourth-order valence-electron chi connectivity index (χ4n) is 1.57. The van der Waals surface area contributed by atoms with Gasteiger partial charge in [-0.3, -0.25) is 4.79 Å². The smallest absolute Gasteiger partial charge is 0.254 e. The van der Waals surface area contributed by atoms with Gasteiger partial charge < -0.3 is 10.3 Å². The van der Waals surface area contributed by atoms with Gasteiger partial charge in [-0.25, -0.2) is 10.8 Å². The molecule has 1 amide bonds. The van der Waals surface area contributed by atoms with E-state index >= 15 is 0 Å². The Bertz CT molecular complexity index is 443. The zero-order valence-electron chi connectivity index (χ0n) is 11.7. The average molecular weight is 250 g/mol. The fraction of sp³-hybridized carbons (Fsp3) is 0.538. The number of hydrogen-bond donors (Lipinski definition) is 2. The first-order chi connectivity index (χ1) is 8.31. The first kappa shape index (κ1) is 14.4. The van der Waals surface area contributed by atoms with Crippen LogP contribution in [0.5, 0.6) is 0 Å². The SMILES string of the molecule is CCC(C)(C)N(C)C(=O)c1cc(C)nc(NN)c1. The topological polar surface area (TPSA) is 71.2 Å². The predicted octanol–water partition coefficient (Wildman–Crippen LogP) is 1.94. The lowest BCUT2D eigenvalue weighted by Gasteiger charge is -2.35. The number of nitrogens with two attached hydrogens (primary N) is 1. The van der Waals surface area contributed by atoms with E-state index < -0.39 is 0 Å². The van der Waals surface area contributed by atoms with Crippen molar-refractivity contribution in [1.29, 1.82) is 0 Å². The number of aromatic nitrogens is 1. The van der Waals surface area contributed by atoms with Crippen molar-refractivity contribution in [3.05, 3.63) is 23.4 Å². The van der Waals surface area contributed by atoms with E-state index in [0.717, 1.165) is 12.1 Å². The number of hydrazine groups is 1. The number of carbonyl (C=O) groups excluding carboxylic acids is 1. The van der Waals surface area contributed by atoms with Gasteiger partial charge in [0.2, 0.25) is 0 Å². The molecule has 0 radical (unpaired) electrons. The zero-order chi connectivity index (χ0) is 13.9. The molecular weight excluding hydrogens is 228 g/mol.